The van der Waals surface area contributed by atoms with Gasteiger partial charge in [0.15, 0.2) is 0 Å². The summed E-state index contributed by atoms with van der Waals surface area (Å²) in [7, 11) is 4.10. The molecule has 4 heteroatoms. The van der Waals surface area contributed by atoms with Crippen LogP contribution in [0.15, 0.2) is 24.3 Å². The molecule has 1 aromatic rings. The quantitative estimate of drug-likeness (QED) is 0.851. The topological polar surface area (TPSA) is 24.5 Å². The van der Waals surface area contributed by atoms with E-state index in [0.29, 0.717) is 0 Å². The highest BCUT2D eigenvalue weighted by atomic mass is 19.1. The average Bonchev–Trinajstić information content (AvgIpc) is 2.81. The number of halogens is 1. The van der Waals surface area contributed by atoms with Crippen LogP contribution >= 0.6 is 0 Å². The second-order valence-electron chi connectivity index (χ2n) is 5.63. The van der Waals surface area contributed by atoms with Gasteiger partial charge in [-0.05, 0) is 38.2 Å². The Labute approximate surface area is 114 Å². The van der Waals surface area contributed by atoms with E-state index in [2.05, 4.69) is 17.3 Å². The van der Waals surface area contributed by atoms with Crippen LogP contribution in [0.25, 0.3) is 0 Å². The number of benzene rings is 1. The maximum Gasteiger partial charge on any atom is 0.123 e. The Bertz CT molecular complexity index is 388. The van der Waals surface area contributed by atoms with Crippen molar-refractivity contribution in [1.82, 2.24) is 10.2 Å². The molecule has 1 atom stereocenters. The van der Waals surface area contributed by atoms with Gasteiger partial charge < -0.3 is 15.0 Å². The highest BCUT2D eigenvalue weighted by Crippen LogP contribution is 2.29. The lowest BCUT2D eigenvalue weighted by Crippen LogP contribution is -2.42. The fourth-order valence-corrected chi connectivity index (χ4v) is 2.87. The third-order valence-electron chi connectivity index (χ3n) is 3.71. The predicted molar refractivity (Wildman–Crippen MR) is 74.5 cm³/mol. The van der Waals surface area contributed by atoms with E-state index >= 15 is 0 Å². The number of ether oxygens (including phenoxy) is 1. The fourth-order valence-electron chi connectivity index (χ4n) is 2.87. The van der Waals surface area contributed by atoms with Crippen LogP contribution in [0.2, 0.25) is 0 Å². The summed E-state index contributed by atoms with van der Waals surface area (Å²) in [6.07, 6.45) is 1.10. The number of nitrogens with zero attached hydrogens (tertiary/aromatic N) is 1. The maximum absolute atomic E-state index is 12.9. The molecule has 2 rings (SSSR count). The van der Waals surface area contributed by atoms with Gasteiger partial charge in [0.2, 0.25) is 0 Å². The summed E-state index contributed by atoms with van der Waals surface area (Å²) in [5, 5.41) is 3.27. The molecule has 1 saturated heterocycles. The van der Waals surface area contributed by atoms with Crippen LogP contribution in [0.1, 0.15) is 12.0 Å². The third-order valence-corrected chi connectivity index (χ3v) is 3.71. The molecule has 0 spiro atoms. The Morgan fingerprint density at radius 1 is 1.37 bits per heavy atom. The van der Waals surface area contributed by atoms with Gasteiger partial charge >= 0.3 is 0 Å². The minimum Gasteiger partial charge on any atom is -0.381 e. The van der Waals surface area contributed by atoms with Crippen LogP contribution < -0.4 is 5.32 Å². The molecule has 19 heavy (non-hydrogen) atoms. The standard InChI is InChI=1S/C15H23FN2O/c1-17-10-15(7-8-19-12-15)11-18(2)9-13-3-5-14(16)6-4-13/h3-6,17H,7-12H2,1-2H3. The van der Waals surface area contributed by atoms with E-state index < -0.39 is 0 Å². The summed E-state index contributed by atoms with van der Waals surface area (Å²) in [5.74, 6) is -0.178. The maximum atomic E-state index is 12.9. The smallest absolute Gasteiger partial charge is 0.123 e. The first-order valence-electron chi connectivity index (χ1n) is 6.79. The molecular formula is C15H23FN2O. The summed E-state index contributed by atoms with van der Waals surface area (Å²) in [4.78, 5) is 2.29. The first-order valence-corrected chi connectivity index (χ1v) is 6.79. The van der Waals surface area contributed by atoms with Crippen molar-refractivity contribution in [3.8, 4) is 0 Å². The first-order chi connectivity index (χ1) is 9.13. The summed E-state index contributed by atoms with van der Waals surface area (Å²) in [6, 6.07) is 6.74. The molecule has 1 fully saturated rings. The van der Waals surface area contributed by atoms with E-state index in [9.17, 15) is 4.39 Å². The molecule has 106 valence electrons. The van der Waals surface area contributed by atoms with Crippen LogP contribution in [0.5, 0.6) is 0 Å². The van der Waals surface area contributed by atoms with Crippen LogP contribution in [-0.2, 0) is 11.3 Å². The van der Waals surface area contributed by atoms with Crippen LogP contribution in [0.3, 0.4) is 0 Å². The Morgan fingerprint density at radius 2 is 2.11 bits per heavy atom. The van der Waals surface area contributed by atoms with Crippen LogP contribution in [0.4, 0.5) is 4.39 Å². The molecule has 1 N–H and O–H groups in total. The zero-order chi connectivity index (χ0) is 13.7. The molecule has 0 radical (unpaired) electrons. The van der Waals surface area contributed by atoms with E-state index in [1.165, 1.54) is 12.1 Å². The zero-order valence-electron chi connectivity index (χ0n) is 11.8. The third kappa shape index (κ3) is 4.00. The minimum absolute atomic E-state index is 0.178. The largest absolute Gasteiger partial charge is 0.381 e. The monoisotopic (exact) mass is 266 g/mol. The Balaban J connectivity index is 1.92. The Kier molecular flexibility index (Phi) is 4.91. The van der Waals surface area contributed by atoms with Crippen LogP contribution in [-0.4, -0.2) is 45.3 Å². The lowest BCUT2D eigenvalue weighted by Gasteiger charge is -2.32. The molecular weight excluding hydrogens is 243 g/mol. The first kappa shape index (κ1) is 14.4. The van der Waals surface area contributed by atoms with E-state index in [4.69, 9.17) is 4.74 Å². The summed E-state index contributed by atoms with van der Waals surface area (Å²) >= 11 is 0. The average molecular weight is 266 g/mol. The molecule has 0 bridgehead atoms. The summed E-state index contributed by atoms with van der Waals surface area (Å²) in [6.45, 7) is 4.48. The molecule has 1 heterocycles. The SMILES string of the molecule is CNCC1(CN(C)Cc2ccc(F)cc2)CCOC1. The van der Waals surface area contributed by atoms with E-state index in [1.54, 1.807) is 0 Å². The number of hydrogen-bond donors (Lipinski definition) is 1. The van der Waals surface area contributed by atoms with Gasteiger partial charge in [-0.3, -0.25) is 0 Å². The van der Waals surface area contributed by atoms with E-state index in [1.807, 2.05) is 19.2 Å². The predicted octanol–water partition coefficient (Wildman–Crippen LogP) is 1.88. The minimum atomic E-state index is -0.178. The molecule has 0 aliphatic carbocycles. The van der Waals surface area contributed by atoms with Crippen molar-refractivity contribution in [1.29, 1.82) is 0 Å². The fraction of sp³-hybridized carbons (Fsp3) is 0.600. The van der Waals surface area contributed by atoms with Crippen molar-refractivity contribution in [2.45, 2.75) is 13.0 Å². The molecule has 3 nitrogen and oxygen atoms in total. The highest BCUT2D eigenvalue weighted by molar-refractivity contribution is 5.15. The van der Waals surface area contributed by atoms with Crippen molar-refractivity contribution in [3.63, 3.8) is 0 Å². The molecule has 1 aliphatic rings. The molecule has 0 amide bonds. The van der Waals surface area contributed by atoms with Gasteiger partial charge in [-0.1, -0.05) is 12.1 Å². The van der Waals surface area contributed by atoms with Crippen molar-refractivity contribution < 1.29 is 9.13 Å². The second kappa shape index (κ2) is 6.46. The Hall–Kier alpha value is -0.970. The number of nitrogens with one attached hydrogen (secondary N) is 1. The van der Waals surface area contributed by atoms with Crippen LogP contribution in [0, 0.1) is 11.2 Å². The van der Waals surface area contributed by atoms with Gasteiger partial charge in [-0.2, -0.15) is 0 Å². The number of hydrogen-bond acceptors (Lipinski definition) is 3. The molecule has 1 unspecified atom stereocenters. The Morgan fingerprint density at radius 3 is 2.68 bits per heavy atom. The number of rotatable bonds is 6. The van der Waals surface area contributed by atoms with Gasteiger partial charge in [0, 0.05) is 31.7 Å². The van der Waals surface area contributed by atoms with Gasteiger partial charge in [0.25, 0.3) is 0 Å². The lowest BCUT2D eigenvalue weighted by molar-refractivity contribution is 0.118. The van der Waals surface area contributed by atoms with Gasteiger partial charge in [-0.25, -0.2) is 4.39 Å². The lowest BCUT2D eigenvalue weighted by atomic mass is 9.86. The van der Waals surface area contributed by atoms with Gasteiger partial charge in [0.05, 0.1) is 6.61 Å². The molecule has 0 aromatic heterocycles. The normalized spacial score (nSPS) is 23.2. The molecule has 1 aromatic carbocycles. The van der Waals surface area contributed by atoms with Crippen molar-refractivity contribution in [2.24, 2.45) is 5.41 Å². The van der Waals surface area contributed by atoms with Gasteiger partial charge in [0.1, 0.15) is 5.82 Å². The van der Waals surface area contributed by atoms with Crippen molar-refractivity contribution in [2.75, 3.05) is 40.4 Å². The highest BCUT2D eigenvalue weighted by Gasteiger charge is 2.35. The molecule has 0 saturated carbocycles. The summed E-state index contributed by atoms with van der Waals surface area (Å²) in [5.41, 5.74) is 1.35. The summed E-state index contributed by atoms with van der Waals surface area (Å²) < 4.78 is 18.4. The second-order valence-corrected chi connectivity index (χ2v) is 5.63. The zero-order valence-corrected chi connectivity index (χ0v) is 11.8. The van der Waals surface area contributed by atoms with Crippen molar-refractivity contribution in [3.05, 3.63) is 35.6 Å². The van der Waals surface area contributed by atoms with E-state index in [-0.39, 0.29) is 11.2 Å². The van der Waals surface area contributed by atoms with Crippen molar-refractivity contribution >= 4 is 0 Å². The van der Waals surface area contributed by atoms with E-state index in [0.717, 1.165) is 44.8 Å². The molecule has 1 aliphatic heterocycles. The van der Waals surface area contributed by atoms with Gasteiger partial charge in [-0.15, -0.1) is 0 Å².